The van der Waals surface area contributed by atoms with Crippen LogP contribution in [0.4, 0.5) is 32.2 Å². The van der Waals surface area contributed by atoms with Gasteiger partial charge in [0.05, 0.1) is 19.2 Å². The van der Waals surface area contributed by atoms with Gasteiger partial charge in [0.2, 0.25) is 5.88 Å². The minimum atomic E-state index is -4.27. The van der Waals surface area contributed by atoms with Gasteiger partial charge in [-0.2, -0.15) is 13.8 Å². The summed E-state index contributed by atoms with van der Waals surface area (Å²) in [4.78, 5) is 17.5. The molecule has 1 saturated heterocycles. The molecular formula is C22H15F6N3O4. The highest BCUT2D eigenvalue weighted by atomic mass is 19.3. The first-order valence-corrected chi connectivity index (χ1v) is 10.2. The molecule has 0 radical (unpaired) electrons. The first-order chi connectivity index (χ1) is 16.6. The van der Waals surface area contributed by atoms with Crippen LogP contribution in [0.15, 0.2) is 41.2 Å². The SMILES string of the molecule is O=c1nc(OC(F)(F)c2cccc(OCc3cc(F)c(F)c(F)c3)c2F)cc2n1C[C@@H]1COCN21. The van der Waals surface area contributed by atoms with E-state index in [1.165, 1.54) is 4.57 Å². The molecule has 2 aliphatic rings. The summed E-state index contributed by atoms with van der Waals surface area (Å²) in [7, 11) is 0. The second-order valence-corrected chi connectivity index (χ2v) is 7.87. The van der Waals surface area contributed by atoms with Crippen LogP contribution in [0.5, 0.6) is 11.6 Å². The van der Waals surface area contributed by atoms with Crippen molar-refractivity contribution in [2.45, 2.75) is 25.3 Å². The van der Waals surface area contributed by atoms with E-state index < -0.39 is 58.9 Å². The molecule has 0 spiro atoms. The molecule has 0 N–H and O–H groups in total. The van der Waals surface area contributed by atoms with Crippen LogP contribution in [0, 0.1) is 23.3 Å². The monoisotopic (exact) mass is 499 g/mol. The van der Waals surface area contributed by atoms with Gasteiger partial charge in [-0.1, -0.05) is 6.07 Å². The molecule has 7 nitrogen and oxygen atoms in total. The Labute approximate surface area is 193 Å². The van der Waals surface area contributed by atoms with Crippen LogP contribution in [0.25, 0.3) is 0 Å². The number of nitrogens with zero attached hydrogens (tertiary/aromatic N) is 3. The molecule has 13 heteroatoms. The van der Waals surface area contributed by atoms with Gasteiger partial charge >= 0.3 is 11.8 Å². The largest absolute Gasteiger partial charge is 0.486 e. The van der Waals surface area contributed by atoms with Gasteiger partial charge in [-0.25, -0.2) is 22.4 Å². The van der Waals surface area contributed by atoms with E-state index in [2.05, 4.69) is 9.72 Å². The minimum absolute atomic E-state index is 0.130. The maximum atomic E-state index is 14.9. The van der Waals surface area contributed by atoms with E-state index in [1.807, 2.05) is 0 Å². The van der Waals surface area contributed by atoms with Crippen molar-refractivity contribution in [3.63, 3.8) is 0 Å². The molecule has 0 bridgehead atoms. The summed E-state index contributed by atoms with van der Waals surface area (Å²) >= 11 is 0. The molecule has 2 aliphatic heterocycles. The van der Waals surface area contributed by atoms with Crippen LogP contribution in [0.2, 0.25) is 0 Å². The van der Waals surface area contributed by atoms with Gasteiger partial charge in [0, 0.05) is 6.07 Å². The number of halogens is 6. The fourth-order valence-electron chi connectivity index (χ4n) is 3.92. The second kappa shape index (κ2) is 8.48. The number of anilines is 1. The molecule has 0 aliphatic carbocycles. The van der Waals surface area contributed by atoms with Crippen molar-refractivity contribution in [3.8, 4) is 11.6 Å². The van der Waals surface area contributed by atoms with E-state index in [9.17, 15) is 31.1 Å². The number of ether oxygens (including phenoxy) is 3. The number of rotatable bonds is 6. The molecule has 184 valence electrons. The zero-order valence-electron chi connectivity index (χ0n) is 17.6. The average Bonchev–Trinajstić information content (AvgIpc) is 3.39. The van der Waals surface area contributed by atoms with E-state index in [1.54, 1.807) is 4.90 Å². The van der Waals surface area contributed by atoms with Crippen LogP contribution in [0.3, 0.4) is 0 Å². The molecule has 1 aromatic heterocycles. The number of alkyl halides is 2. The molecular weight excluding hydrogens is 484 g/mol. The van der Waals surface area contributed by atoms with Crippen molar-refractivity contribution < 1.29 is 40.6 Å². The molecule has 0 saturated carbocycles. The van der Waals surface area contributed by atoms with Gasteiger partial charge in [-0.15, -0.1) is 0 Å². The number of benzene rings is 2. The van der Waals surface area contributed by atoms with E-state index in [0.29, 0.717) is 18.7 Å². The topological polar surface area (TPSA) is 65.8 Å². The third-order valence-electron chi connectivity index (χ3n) is 5.58. The quantitative estimate of drug-likeness (QED) is 0.381. The van der Waals surface area contributed by atoms with Crippen molar-refractivity contribution in [2.75, 3.05) is 18.2 Å². The Hall–Kier alpha value is -3.74. The number of fused-ring (bicyclic) bond motifs is 3. The molecule has 3 aromatic rings. The third kappa shape index (κ3) is 4.16. The van der Waals surface area contributed by atoms with Gasteiger partial charge in [0.1, 0.15) is 24.7 Å². The highest BCUT2D eigenvalue weighted by Crippen LogP contribution is 2.37. The lowest BCUT2D eigenvalue weighted by Crippen LogP contribution is -2.28. The summed E-state index contributed by atoms with van der Waals surface area (Å²) in [5.74, 6) is -7.27. The van der Waals surface area contributed by atoms with E-state index in [0.717, 1.165) is 24.3 Å². The smallest absolute Gasteiger partial charge is 0.430 e. The number of hydrogen-bond donors (Lipinski definition) is 0. The summed E-state index contributed by atoms with van der Waals surface area (Å²) in [6.07, 6.45) is -4.27. The molecule has 2 aromatic carbocycles. The van der Waals surface area contributed by atoms with Gasteiger partial charge in [0.25, 0.3) is 0 Å². The van der Waals surface area contributed by atoms with Crippen LogP contribution in [0.1, 0.15) is 11.1 Å². The van der Waals surface area contributed by atoms with E-state index >= 15 is 0 Å². The highest BCUT2D eigenvalue weighted by Gasteiger charge is 2.41. The third-order valence-corrected chi connectivity index (χ3v) is 5.58. The van der Waals surface area contributed by atoms with Gasteiger partial charge < -0.3 is 19.1 Å². The van der Waals surface area contributed by atoms with Crippen LogP contribution < -0.4 is 20.1 Å². The molecule has 0 unspecified atom stereocenters. The molecule has 3 heterocycles. The predicted octanol–water partition coefficient (Wildman–Crippen LogP) is 3.68. The molecule has 1 fully saturated rings. The fourth-order valence-corrected chi connectivity index (χ4v) is 3.92. The Bertz CT molecular complexity index is 1340. The van der Waals surface area contributed by atoms with E-state index in [4.69, 9.17) is 9.47 Å². The second-order valence-electron chi connectivity index (χ2n) is 7.87. The Morgan fingerprint density at radius 3 is 2.57 bits per heavy atom. The van der Waals surface area contributed by atoms with Crippen LogP contribution >= 0.6 is 0 Å². The number of aromatic nitrogens is 2. The lowest BCUT2D eigenvalue weighted by molar-refractivity contribution is -0.189. The Kier molecular flexibility index (Phi) is 5.58. The summed E-state index contributed by atoms with van der Waals surface area (Å²) in [6.45, 7) is 0.180. The maximum Gasteiger partial charge on any atom is 0.430 e. The fraction of sp³-hybridized carbons (Fsp3) is 0.273. The normalized spacial score (nSPS) is 16.9. The summed E-state index contributed by atoms with van der Waals surface area (Å²) < 4.78 is 101. The zero-order chi connectivity index (χ0) is 24.9. The van der Waals surface area contributed by atoms with Crippen molar-refractivity contribution in [1.82, 2.24) is 9.55 Å². The van der Waals surface area contributed by atoms with Crippen LogP contribution in [-0.4, -0.2) is 28.9 Å². The predicted molar refractivity (Wildman–Crippen MR) is 107 cm³/mol. The molecule has 1 atom stereocenters. The first-order valence-electron chi connectivity index (χ1n) is 10.2. The maximum absolute atomic E-state index is 14.9. The average molecular weight is 499 g/mol. The van der Waals surface area contributed by atoms with Crippen LogP contribution in [-0.2, 0) is 24.0 Å². The lowest BCUT2D eigenvalue weighted by atomic mass is 10.1. The summed E-state index contributed by atoms with van der Waals surface area (Å²) in [5, 5.41) is 0. The number of hydrogen-bond acceptors (Lipinski definition) is 6. The lowest BCUT2D eigenvalue weighted by Gasteiger charge is -2.20. The Morgan fingerprint density at radius 1 is 1.09 bits per heavy atom. The minimum Gasteiger partial charge on any atom is -0.486 e. The van der Waals surface area contributed by atoms with Crippen molar-refractivity contribution in [1.29, 1.82) is 0 Å². The van der Waals surface area contributed by atoms with Crippen molar-refractivity contribution >= 4 is 5.82 Å². The standard InChI is InChI=1S/C22H15F6N3O4/c23-14-4-11(5-15(24)20(14)26)8-34-16-3-1-2-13(19(16)25)22(27,28)35-17-6-18-30(21(32)29-17)7-12-9-33-10-31(12)18/h1-6,12H,7-10H2/t12-/m1/s1. The highest BCUT2D eigenvalue weighted by molar-refractivity contribution is 5.47. The molecule has 5 rings (SSSR count). The van der Waals surface area contributed by atoms with Crippen molar-refractivity contribution in [3.05, 3.63) is 81.3 Å². The van der Waals surface area contributed by atoms with Gasteiger partial charge in [-0.05, 0) is 29.8 Å². The summed E-state index contributed by atoms with van der Waals surface area (Å²) in [6, 6.07) is 5.07. The Morgan fingerprint density at radius 2 is 1.83 bits per heavy atom. The molecule has 0 amide bonds. The summed E-state index contributed by atoms with van der Waals surface area (Å²) in [5.41, 5.74) is -2.23. The molecule has 35 heavy (non-hydrogen) atoms. The van der Waals surface area contributed by atoms with E-state index in [-0.39, 0.29) is 30.7 Å². The van der Waals surface area contributed by atoms with Gasteiger partial charge in [-0.3, -0.25) is 4.57 Å². The van der Waals surface area contributed by atoms with Gasteiger partial charge in [0.15, 0.2) is 29.0 Å². The first kappa shape index (κ1) is 23.0. The van der Waals surface area contributed by atoms with Crippen molar-refractivity contribution in [2.24, 2.45) is 0 Å². The Balaban J connectivity index is 1.37. The zero-order valence-corrected chi connectivity index (χ0v) is 17.6.